The van der Waals surface area contributed by atoms with Crippen LogP contribution in [-0.2, 0) is 11.3 Å². The quantitative estimate of drug-likeness (QED) is 0.856. The van der Waals surface area contributed by atoms with E-state index in [1.807, 2.05) is 12.3 Å². The summed E-state index contributed by atoms with van der Waals surface area (Å²) >= 11 is 1.58. The van der Waals surface area contributed by atoms with E-state index in [2.05, 4.69) is 4.98 Å². The second-order valence-electron chi connectivity index (χ2n) is 4.47. The van der Waals surface area contributed by atoms with Gasteiger partial charge in [-0.25, -0.2) is 4.98 Å². The summed E-state index contributed by atoms with van der Waals surface area (Å²) in [6, 6.07) is 7.02. The number of nitrogens with two attached hydrogens (primary N) is 1. The fourth-order valence-corrected chi connectivity index (χ4v) is 2.28. The van der Waals surface area contributed by atoms with Gasteiger partial charge in [-0.2, -0.15) is 0 Å². The Kier molecular flexibility index (Phi) is 4.57. The largest absolute Gasteiger partial charge is 0.484 e. The van der Waals surface area contributed by atoms with Gasteiger partial charge >= 0.3 is 0 Å². The van der Waals surface area contributed by atoms with Crippen molar-refractivity contribution in [3.8, 4) is 5.75 Å². The van der Waals surface area contributed by atoms with E-state index in [1.165, 1.54) is 0 Å². The number of aryl methyl sites for hydroxylation is 1. The molecule has 1 aromatic heterocycles. The molecule has 20 heavy (non-hydrogen) atoms. The van der Waals surface area contributed by atoms with Crippen LogP contribution in [0.5, 0.6) is 5.75 Å². The van der Waals surface area contributed by atoms with Gasteiger partial charge in [0.1, 0.15) is 5.75 Å². The van der Waals surface area contributed by atoms with Crippen LogP contribution in [0.1, 0.15) is 10.7 Å². The van der Waals surface area contributed by atoms with E-state index in [-0.39, 0.29) is 12.5 Å². The Labute approximate surface area is 122 Å². The Morgan fingerprint density at radius 2 is 2.30 bits per heavy atom. The summed E-state index contributed by atoms with van der Waals surface area (Å²) in [4.78, 5) is 17.9. The molecule has 0 aliphatic carbocycles. The average molecular weight is 291 g/mol. The van der Waals surface area contributed by atoms with Crippen LogP contribution < -0.4 is 10.5 Å². The van der Waals surface area contributed by atoms with Gasteiger partial charge in [0.25, 0.3) is 5.91 Å². The van der Waals surface area contributed by atoms with Crippen molar-refractivity contribution in [2.45, 2.75) is 13.5 Å². The Morgan fingerprint density at radius 1 is 1.50 bits per heavy atom. The molecule has 0 saturated carbocycles. The van der Waals surface area contributed by atoms with Gasteiger partial charge in [-0.1, -0.05) is 6.07 Å². The van der Waals surface area contributed by atoms with Gasteiger partial charge < -0.3 is 15.4 Å². The molecule has 106 valence electrons. The van der Waals surface area contributed by atoms with E-state index in [9.17, 15) is 4.79 Å². The van der Waals surface area contributed by atoms with Crippen LogP contribution in [0, 0.1) is 6.92 Å². The maximum atomic E-state index is 12.0. The molecule has 2 rings (SSSR count). The van der Waals surface area contributed by atoms with Crippen LogP contribution in [0.25, 0.3) is 0 Å². The lowest BCUT2D eigenvalue weighted by Gasteiger charge is -2.16. The summed E-state index contributed by atoms with van der Waals surface area (Å²) in [6.07, 6.45) is 0. The Bertz CT molecular complexity index is 598. The number of ether oxygens (including phenoxy) is 1. The molecule has 0 radical (unpaired) electrons. The molecule has 1 heterocycles. The molecule has 0 atom stereocenters. The first kappa shape index (κ1) is 14.3. The van der Waals surface area contributed by atoms with E-state index >= 15 is 0 Å². The Hall–Kier alpha value is -2.08. The number of likely N-dealkylation sites (N-methyl/N-ethyl adjacent to an activating group) is 1. The minimum Gasteiger partial charge on any atom is -0.484 e. The molecule has 0 aliphatic heterocycles. The number of nitrogen functional groups attached to an aromatic ring is 1. The molecule has 0 spiro atoms. The molecule has 2 aromatic rings. The molecule has 2 N–H and O–H groups in total. The Balaban J connectivity index is 1.85. The number of carbonyl (C=O) groups is 1. The van der Waals surface area contributed by atoms with Crippen molar-refractivity contribution >= 4 is 22.9 Å². The second kappa shape index (κ2) is 6.38. The topological polar surface area (TPSA) is 68.5 Å². The fourth-order valence-electron chi connectivity index (χ4n) is 1.67. The predicted octanol–water partition coefficient (Wildman–Crippen LogP) is 2.07. The highest BCUT2D eigenvalue weighted by Crippen LogP contribution is 2.14. The van der Waals surface area contributed by atoms with E-state index < -0.39 is 0 Å². The number of rotatable bonds is 5. The van der Waals surface area contributed by atoms with Crippen LogP contribution in [0.15, 0.2) is 29.6 Å². The van der Waals surface area contributed by atoms with E-state index in [0.29, 0.717) is 18.0 Å². The van der Waals surface area contributed by atoms with Crippen LogP contribution >= 0.6 is 11.3 Å². The minimum absolute atomic E-state index is 0.0108. The van der Waals surface area contributed by atoms with Crippen LogP contribution in [0.2, 0.25) is 0 Å². The number of hydrogen-bond donors (Lipinski definition) is 1. The van der Waals surface area contributed by atoms with Gasteiger partial charge in [-0.15, -0.1) is 11.3 Å². The van der Waals surface area contributed by atoms with Crippen molar-refractivity contribution in [1.29, 1.82) is 0 Å². The van der Waals surface area contributed by atoms with Gasteiger partial charge in [0.15, 0.2) is 6.61 Å². The Morgan fingerprint density at radius 3 is 2.95 bits per heavy atom. The zero-order chi connectivity index (χ0) is 14.5. The van der Waals surface area contributed by atoms with Crippen molar-refractivity contribution < 1.29 is 9.53 Å². The molecule has 0 aliphatic rings. The lowest BCUT2D eigenvalue weighted by molar-refractivity contribution is -0.132. The first-order valence-electron chi connectivity index (χ1n) is 6.18. The third-order valence-corrected chi connectivity index (χ3v) is 3.53. The predicted molar refractivity (Wildman–Crippen MR) is 79.7 cm³/mol. The maximum Gasteiger partial charge on any atom is 0.260 e. The van der Waals surface area contributed by atoms with Gasteiger partial charge in [-0.05, 0) is 19.1 Å². The van der Waals surface area contributed by atoms with Crippen molar-refractivity contribution in [2.75, 3.05) is 19.4 Å². The SMILES string of the molecule is Cc1nc(CN(C)C(=O)COc2cccc(N)c2)cs1. The molecule has 5 nitrogen and oxygen atoms in total. The highest BCUT2D eigenvalue weighted by atomic mass is 32.1. The zero-order valence-electron chi connectivity index (χ0n) is 11.5. The first-order chi connectivity index (χ1) is 9.54. The number of thiazole rings is 1. The number of hydrogen-bond acceptors (Lipinski definition) is 5. The average Bonchev–Trinajstić information content (AvgIpc) is 2.81. The summed E-state index contributed by atoms with van der Waals surface area (Å²) in [5.41, 5.74) is 7.15. The lowest BCUT2D eigenvalue weighted by Crippen LogP contribution is -2.31. The number of carbonyl (C=O) groups excluding carboxylic acids is 1. The number of aromatic nitrogens is 1. The van der Waals surface area contributed by atoms with E-state index in [1.54, 1.807) is 47.5 Å². The number of anilines is 1. The van der Waals surface area contributed by atoms with Crippen molar-refractivity contribution in [2.24, 2.45) is 0 Å². The molecule has 6 heteroatoms. The molecule has 0 bridgehead atoms. The molecular formula is C14H17N3O2S. The summed E-state index contributed by atoms with van der Waals surface area (Å²) in [5, 5.41) is 2.95. The summed E-state index contributed by atoms with van der Waals surface area (Å²) in [7, 11) is 1.74. The number of nitrogens with zero attached hydrogens (tertiary/aromatic N) is 2. The van der Waals surface area contributed by atoms with Crippen LogP contribution in [0.4, 0.5) is 5.69 Å². The molecule has 1 aromatic carbocycles. The van der Waals surface area contributed by atoms with Crippen molar-refractivity contribution in [3.63, 3.8) is 0 Å². The van der Waals surface area contributed by atoms with Gasteiger partial charge in [0.05, 0.1) is 17.2 Å². The van der Waals surface area contributed by atoms with Crippen LogP contribution in [0.3, 0.4) is 0 Å². The first-order valence-corrected chi connectivity index (χ1v) is 7.06. The number of amides is 1. The highest BCUT2D eigenvalue weighted by Gasteiger charge is 2.11. The van der Waals surface area contributed by atoms with E-state index in [4.69, 9.17) is 10.5 Å². The third-order valence-electron chi connectivity index (χ3n) is 2.71. The number of benzene rings is 1. The summed E-state index contributed by atoms with van der Waals surface area (Å²) in [6.45, 7) is 2.42. The minimum atomic E-state index is -0.0990. The molecule has 0 fully saturated rings. The highest BCUT2D eigenvalue weighted by molar-refractivity contribution is 7.09. The van der Waals surface area contributed by atoms with Gasteiger partial charge in [-0.3, -0.25) is 4.79 Å². The van der Waals surface area contributed by atoms with Crippen molar-refractivity contribution in [3.05, 3.63) is 40.3 Å². The molecule has 1 amide bonds. The lowest BCUT2D eigenvalue weighted by atomic mass is 10.3. The normalized spacial score (nSPS) is 10.3. The van der Waals surface area contributed by atoms with Crippen molar-refractivity contribution in [1.82, 2.24) is 9.88 Å². The summed E-state index contributed by atoms with van der Waals surface area (Å²) in [5.74, 6) is 0.495. The molecule has 0 unspecified atom stereocenters. The smallest absolute Gasteiger partial charge is 0.260 e. The van der Waals surface area contributed by atoms with Gasteiger partial charge in [0, 0.05) is 24.2 Å². The molecular weight excluding hydrogens is 274 g/mol. The third kappa shape index (κ3) is 3.96. The maximum absolute atomic E-state index is 12.0. The fraction of sp³-hybridized carbons (Fsp3) is 0.286. The molecule has 0 saturated heterocycles. The van der Waals surface area contributed by atoms with E-state index in [0.717, 1.165) is 10.7 Å². The second-order valence-corrected chi connectivity index (χ2v) is 5.53. The van der Waals surface area contributed by atoms with Gasteiger partial charge in [0.2, 0.25) is 0 Å². The monoisotopic (exact) mass is 291 g/mol. The van der Waals surface area contributed by atoms with Crippen LogP contribution in [-0.4, -0.2) is 29.4 Å². The standard InChI is InChI=1S/C14H17N3O2S/c1-10-16-12(9-20-10)7-17(2)14(18)8-19-13-5-3-4-11(15)6-13/h3-6,9H,7-8,15H2,1-2H3. The summed E-state index contributed by atoms with van der Waals surface area (Å²) < 4.78 is 5.42. The zero-order valence-corrected chi connectivity index (χ0v) is 12.3.